The number of hydrogen-bond donors (Lipinski definition) is 2. The average Bonchev–Trinajstić information content (AvgIpc) is 2.38. The Hall–Kier alpha value is -0.741. The van der Waals surface area contributed by atoms with E-state index in [0.717, 1.165) is 27.5 Å². The van der Waals surface area contributed by atoms with Crippen molar-refractivity contribution in [2.75, 3.05) is 20.8 Å². The van der Waals surface area contributed by atoms with E-state index in [2.05, 4.69) is 0 Å². The molecule has 0 aliphatic carbocycles. The molecular formula is C12H18O4Se. The zero-order chi connectivity index (χ0) is 12.7. The van der Waals surface area contributed by atoms with Crippen LogP contribution in [0.15, 0.2) is 12.1 Å². The van der Waals surface area contributed by atoms with Crippen LogP contribution in [0.3, 0.4) is 0 Å². The van der Waals surface area contributed by atoms with Gasteiger partial charge in [0, 0.05) is 0 Å². The molecule has 0 unspecified atom stereocenters. The molecule has 96 valence electrons. The van der Waals surface area contributed by atoms with Gasteiger partial charge in [0.05, 0.1) is 0 Å². The summed E-state index contributed by atoms with van der Waals surface area (Å²) >= 11 is 0.193. The molecule has 0 radical (unpaired) electrons. The summed E-state index contributed by atoms with van der Waals surface area (Å²) in [7, 11) is 3.20. The van der Waals surface area contributed by atoms with Crippen LogP contribution in [0.5, 0.6) is 11.5 Å². The van der Waals surface area contributed by atoms with E-state index in [0.29, 0.717) is 5.75 Å². The van der Waals surface area contributed by atoms with Crippen LogP contribution in [0.25, 0.3) is 0 Å². The topological polar surface area (TPSA) is 58.9 Å². The molecule has 0 heterocycles. The third-order valence-electron chi connectivity index (χ3n) is 2.28. The number of hydrogen-bond acceptors (Lipinski definition) is 4. The van der Waals surface area contributed by atoms with Crippen LogP contribution in [-0.2, 0) is 6.61 Å². The Bertz CT molecular complexity index is 329. The Morgan fingerprint density at radius 2 is 1.94 bits per heavy atom. The van der Waals surface area contributed by atoms with Crippen molar-refractivity contribution in [2.45, 2.75) is 18.3 Å². The average molecular weight is 305 g/mol. The monoisotopic (exact) mass is 306 g/mol. The Kier molecular flexibility index (Phi) is 6.37. The minimum atomic E-state index is -0.0240. The van der Waals surface area contributed by atoms with Crippen LogP contribution in [-0.4, -0.2) is 46.0 Å². The Morgan fingerprint density at radius 3 is 2.47 bits per heavy atom. The summed E-state index contributed by atoms with van der Waals surface area (Å²) in [5, 5.41) is 19.1. The van der Waals surface area contributed by atoms with Gasteiger partial charge >= 0.3 is 107 Å². The Morgan fingerprint density at radius 1 is 1.18 bits per heavy atom. The van der Waals surface area contributed by atoms with Crippen LogP contribution in [0, 0.1) is 0 Å². The second-order valence-electron chi connectivity index (χ2n) is 3.40. The fraction of sp³-hybridized carbons (Fsp3) is 0.500. The van der Waals surface area contributed by atoms with Crippen molar-refractivity contribution in [1.29, 1.82) is 0 Å². The SMILES string of the molecule is COc1cc(CO)c([Se]CCCO)c(OC)c1. The van der Waals surface area contributed by atoms with E-state index in [1.807, 2.05) is 12.1 Å². The van der Waals surface area contributed by atoms with Crippen molar-refractivity contribution in [2.24, 2.45) is 0 Å². The number of aliphatic hydroxyl groups is 2. The molecule has 0 amide bonds. The van der Waals surface area contributed by atoms with E-state index >= 15 is 0 Å². The molecule has 0 aliphatic heterocycles. The number of ether oxygens (including phenoxy) is 2. The Labute approximate surface area is 108 Å². The van der Waals surface area contributed by atoms with Crippen LogP contribution < -0.4 is 13.9 Å². The van der Waals surface area contributed by atoms with Gasteiger partial charge in [0.1, 0.15) is 0 Å². The summed E-state index contributed by atoms with van der Waals surface area (Å²) in [5.41, 5.74) is 0.846. The van der Waals surface area contributed by atoms with Crippen molar-refractivity contribution >= 4 is 19.4 Å². The van der Waals surface area contributed by atoms with Crippen LogP contribution in [0.1, 0.15) is 12.0 Å². The van der Waals surface area contributed by atoms with Crippen molar-refractivity contribution in [1.82, 2.24) is 0 Å². The van der Waals surface area contributed by atoms with E-state index < -0.39 is 0 Å². The molecule has 0 atom stereocenters. The van der Waals surface area contributed by atoms with Crippen LogP contribution in [0.4, 0.5) is 0 Å². The number of aliphatic hydroxyl groups excluding tert-OH is 2. The van der Waals surface area contributed by atoms with E-state index in [1.165, 1.54) is 0 Å². The van der Waals surface area contributed by atoms with E-state index in [-0.39, 0.29) is 28.2 Å². The molecule has 1 aromatic rings. The Balaban J connectivity index is 2.98. The molecule has 17 heavy (non-hydrogen) atoms. The maximum atomic E-state index is 9.36. The van der Waals surface area contributed by atoms with E-state index in [9.17, 15) is 5.11 Å². The second kappa shape index (κ2) is 7.56. The first-order valence-electron chi connectivity index (χ1n) is 5.36. The fourth-order valence-electron chi connectivity index (χ4n) is 1.42. The van der Waals surface area contributed by atoms with Crippen molar-refractivity contribution in [3.05, 3.63) is 17.7 Å². The van der Waals surface area contributed by atoms with Gasteiger partial charge in [-0.1, -0.05) is 0 Å². The van der Waals surface area contributed by atoms with Gasteiger partial charge in [-0.25, -0.2) is 0 Å². The van der Waals surface area contributed by atoms with Gasteiger partial charge in [0.25, 0.3) is 0 Å². The van der Waals surface area contributed by atoms with Gasteiger partial charge in [0.15, 0.2) is 0 Å². The van der Waals surface area contributed by atoms with Gasteiger partial charge in [-0.15, -0.1) is 0 Å². The number of benzene rings is 1. The standard InChI is InChI=1S/C12H18O4Se/c1-15-10-6-9(8-14)12(11(7-10)16-2)17-5-3-4-13/h6-7,13-14H,3-5,8H2,1-2H3. The molecule has 2 N–H and O–H groups in total. The van der Waals surface area contributed by atoms with E-state index in [1.54, 1.807) is 14.2 Å². The quantitative estimate of drug-likeness (QED) is 0.563. The van der Waals surface area contributed by atoms with Crippen molar-refractivity contribution in [3.63, 3.8) is 0 Å². The summed E-state index contributed by atoms with van der Waals surface area (Å²) in [5.74, 6) is 1.44. The summed E-state index contributed by atoms with van der Waals surface area (Å²) < 4.78 is 11.5. The first kappa shape index (κ1) is 14.3. The second-order valence-corrected chi connectivity index (χ2v) is 5.72. The van der Waals surface area contributed by atoms with Gasteiger partial charge in [-0.2, -0.15) is 0 Å². The maximum absolute atomic E-state index is 9.36. The van der Waals surface area contributed by atoms with Crippen molar-refractivity contribution < 1.29 is 19.7 Å². The molecule has 1 rings (SSSR count). The number of methoxy groups -OCH3 is 2. The number of rotatable bonds is 7. The van der Waals surface area contributed by atoms with Gasteiger partial charge in [-0.3, -0.25) is 0 Å². The molecular weight excluding hydrogens is 287 g/mol. The molecule has 0 aliphatic rings. The summed E-state index contributed by atoms with van der Waals surface area (Å²) in [6.45, 7) is 0.179. The van der Waals surface area contributed by atoms with Crippen LogP contribution in [0.2, 0.25) is 5.32 Å². The molecule has 0 bridgehead atoms. The predicted octanol–water partition coefficient (Wildman–Crippen LogP) is 0.326. The van der Waals surface area contributed by atoms with Gasteiger partial charge < -0.3 is 0 Å². The van der Waals surface area contributed by atoms with Crippen molar-refractivity contribution in [3.8, 4) is 11.5 Å². The molecule has 5 heteroatoms. The third kappa shape index (κ3) is 3.89. The zero-order valence-electron chi connectivity index (χ0n) is 10.1. The molecule has 0 aromatic heterocycles. The summed E-state index contributed by atoms with van der Waals surface area (Å²) in [4.78, 5) is 0. The first-order valence-corrected chi connectivity index (χ1v) is 7.43. The molecule has 0 fully saturated rings. The van der Waals surface area contributed by atoms with Crippen LogP contribution >= 0.6 is 0 Å². The summed E-state index contributed by atoms with van der Waals surface area (Å²) in [6, 6.07) is 3.66. The molecule has 1 aromatic carbocycles. The fourth-order valence-corrected chi connectivity index (χ4v) is 3.67. The third-order valence-corrected chi connectivity index (χ3v) is 4.89. The molecule has 0 saturated heterocycles. The molecule has 0 spiro atoms. The van der Waals surface area contributed by atoms with E-state index in [4.69, 9.17) is 14.6 Å². The molecule has 0 saturated carbocycles. The summed E-state index contributed by atoms with van der Waals surface area (Å²) in [6.07, 6.45) is 0.778. The first-order chi connectivity index (χ1) is 8.26. The van der Waals surface area contributed by atoms with Gasteiger partial charge in [-0.05, 0) is 0 Å². The minimum absolute atomic E-state index is 0.0240. The molecule has 4 nitrogen and oxygen atoms in total. The zero-order valence-corrected chi connectivity index (χ0v) is 11.8. The predicted molar refractivity (Wildman–Crippen MR) is 67.4 cm³/mol. The normalized spacial score (nSPS) is 10.4. The van der Waals surface area contributed by atoms with Gasteiger partial charge in [0.2, 0.25) is 0 Å².